The second-order valence-corrected chi connectivity index (χ2v) is 5.45. The van der Waals surface area contributed by atoms with E-state index < -0.39 is 11.9 Å². The van der Waals surface area contributed by atoms with E-state index in [1.807, 2.05) is 12.2 Å². The SMILES string of the molecule is C=CCN(CC=C)CCOc1c(C)ccc(C)c1C.O=C(O)C(=O)O. The van der Waals surface area contributed by atoms with Gasteiger partial charge in [-0.1, -0.05) is 24.3 Å². The normalized spacial score (nSPS) is 9.76. The van der Waals surface area contributed by atoms with Crippen molar-refractivity contribution in [2.75, 3.05) is 26.2 Å². The van der Waals surface area contributed by atoms with Crippen LogP contribution in [0.5, 0.6) is 5.75 Å². The van der Waals surface area contributed by atoms with Crippen molar-refractivity contribution in [2.24, 2.45) is 0 Å². The highest BCUT2D eigenvalue weighted by Gasteiger charge is 2.07. The predicted octanol–water partition coefficient (Wildman–Crippen LogP) is 2.82. The average Bonchev–Trinajstić information content (AvgIpc) is 2.55. The molecule has 0 saturated carbocycles. The second-order valence-electron chi connectivity index (χ2n) is 5.45. The largest absolute Gasteiger partial charge is 0.492 e. The Bertz CT molecular complexity index is 588. The summed E-state index contributed by atoms with van der Waals surface area (Å²) in [6.07, 6.45) is 3.82. The van der Waals surface area contributed by atoms with E-state index in [0.717, 1.165) is 25.4 Å². The van der Waals surface area contributed by atoms with Crippen molar-refractivity contribution in [3.63, 3.8) is 0 Å². The molecule has 0 aliphatic heterocycles. The van der Waals surface area contributed by atoms with Crippen molar-refractivity contribution in [3.05, 3.63) is 54.1 Å². The minimum atomic E-state index is -1.82. The van der Waals surface area contributed by atoms with Gasteiger partial charge in [0.05, 0.1) is 0 Å². The monoisotopic (exact) mass is 349 g/mol. The molecular formula is C19H27NO5. The molecule has 1 aromatic rings. The molecule has 0 fully saturated rings. The molecule has 0 saturated heterocycles. The van der Waals surface area contributed by atoms with Crippen LogP contribution >= 0.6 is 0 Å². The van der Waals surface area contributed by atoms with Crippen LogP contribution in [0.4, 0.5) is 0 Å². The summed E-state index contributed by atoms with van der Waals surface area (Å²) >= 11 is 0. The van der Waals surface area contributed by atoms with Crippen LogP contribution in [-0.2, 0) is 9.59 Å². The highest BCUT2D eigenvalue weighted by Crippen LogP contribution is 2.25. The number of aliphatic carboxylic acids is 2. The Morgan fingerprint density at radius 1 is 1.04 bits per heavy atom. The van der Waals surface area contributed by atoms with E-state index in [1.54, 1.807) is 0 Å². The Labute approximate surface area is 149 Å². The van der Waals surface area contributed by atoms with Crippen LogP contribution in [0, 0.1) is 20.8 Å². The first kappa shape index (κ1) is 22.4. The molecule has 0 atom stereocenters. The zero-order valence-corrected chi connectivity index (χ0v) is 15.1. The number of carboxylic acids is 2. The van der Waals surface area contributed by atoms with E-state index >= 15 is 0 Å². The zero-order valence-electron chi connectivity index (χ0n) is 15.1. The molecule has 0 amide bonds. The quantitative estimate of drug-likeness (QED) is 0.554. The van der Waals surface area contributed by atoms with Crippen molar-refractivity contribution in [1.29, 1.82) is 0 Å². The van der Waals surface area contributed by atoms with E-state index in [0.29, 0.717) is 6.61 Å². The van der Waals surface area contributed by atoms with Crippen LogP contribution in [0.3, 0.4) is 0 Å². The molecule has 0 unspecified atom stereocenters. The van der Waals surface area contributed by atoms with E-state index in [2.05, 4.69) is 51.0 Å². The number of hydrogen-bond acceptors (Lipinski definition) is 4. The van der Waals surface area contributed by atoms with Gasteiger partial charge in [-0.25, -0.2) is 9.59 Å². The van der Waals surface area contributed by atoms with Gasteiger partial charge < -0.3 is 14.9 Å². The molecule has 6 nitrogen and oxygen atoms in total. The van der Waals surface area contributed by atoms with Crippen LogP contribution in [0.15, 0.2) is 37.4 Å². The average molecular weight is 349 g/mol. The minimum absolute atomic E-state index is 0.687. The molecule has 0 aliphatic carbocycles. The molecule has 0 aliphatic rings. The number of rotatable bonds is 8. The lowest BCUT2D eigenvalue weighted by Gasteiger charge is -2.20. The van der Waals surface area contributed by atoms with Crippen molar-refractivity contribution in [2.45, 2.75) is 20.8 Å². The first-order valence-corrected chi connectivity index (χ1v) is 7.84. The highest BCUT2D eigenvalue weighted by molar-refractivity contribution is 6.27. The molecule has 0 spiro atoms. The summed E-state index contributed by atoms with van der Waals surface area (Å²) in [5.74, 6) is -2.62. The standard InChI is InChI=1S/C17H25NO.C2H2O4/c1-6-10-18(11-7-2)12-13-19-17-15(4)9-8-14(3)16(17)5;3-1(4)2(5)6/h6-9H,1-2,10-13H2,3-5H3;(H,3,4)(H,5,6). The maximum atomic E-state index is 9.10. The highest BCUT2D eigenvalue weighted by atomic mass is 16.5. The lowest BCUT2D eigenvalue weighted by atomic mass is 10.1. The minimum Gasteiger partial charge on any atom is -0.492 e. The summed E-state index contributed by atoms with van der Waals surface area (Å²) in [5.41, 5.74) is 3.70. The van der Waals surface area contributed by atoms with Crippen molar-refractivity contribution in [3.8, 4) is 5.75 Å². The van der Waals surface area contributed by atoms with Crippen LogP contribution in [0.1, 0.15) is 16.7 Å². The van der Waals surface area contributed by atoms with Gasteiger partial charge in [-0.05, 0) is 37.5 Å². The van der Waals surface area contributed by atoms with E-state index in [4.69, 9.17) is 24.5 Å². The van der Waals surface area contributed by atoms with Gasteiger partial charge in [0.1, 0.15) is 12.4 Å². The Balaban J connectivity index is 0.000000823. The van der Waals surface area contributed by atoms with Crippen molar-refractivity contribution in [1.82, 2.24) is 4.90 Å². The van der Waals surface area contributed by atoms with E-state index in [1.165, 1.54) is 16.7 Å². The predicted molar refractivity (Wildman–Crippen MR) is 98.3 cm³/mol. The van der Waals surface area contributed by atoms with Crippen LogP contribution < -0.4 is 4.74 Å². The number of nitrogens with zero attached hydrogens (tertiary/aromatic N) is 1. The van der Waals surface area contributed by atoms with Crippen LogP contribution in [0.2, 0.25) is 0 Å². The van der Waals surface area contributed by atoms with Crippen LogP contribution in [0.25, 0.3) is 0 Å². The fourth-order valence-electron chi connectivity index (χ4n) is 2.05. The molecular weight excluding hydrogens is 322 g/mol. The summed E-state index contributed by atoms with van der Waals surface area (Å²) in [4.78, 5) is 20.4. The molecule has 6 heteroatoms. The molecule has 0 aromatic heterocycles. The third kappa shape index (κ3) is 8.72. The lowest BCUT2D eigenvalue weighted by molar-refractivity contribution is -0.159. The molecule has 0 radical (unpaired) electrons. The number of carbonyl (C=O) groups is 2. The van der Waals surface area contributed by atoms with Gasteiger partial charge in [0, 0.05) is 19.6 Å². The topological polar surface area (TPSA) is 87.1 Å². The Kier molecular flexibility index (Phi) is 10.6. The Hall–Kier alpha value is -2.60. The lowest BCUT2D eigenvalue weighted by Crippen LogP contribution is -2.29. The number of ether oxygens (including phenoxy) is 1. The zero-order chi connectivity index (χ0) is 19.4. The molecule has 0 bridgehead atoms. The summed E-state index contributed by atoms with van der Waals surface area (Å²) in [5, 5.41) is 14.8. The van der Waals surface area contributed by atoms with Crippen molar-refractivity contribution >= 4 is 11.9 Å². The Morgan fingerprint density at radius 2 is 1.52 bits per heavy atom. The molecule has 2 N–H and O–H groups in total. The van der Waals surface area contributed by atoms with Crippen LogP contribution in [-0.4, -0.2) is 53.3 Å². The maximum absolute atomic E-state index is 9.10. The van der Waals surface area contributed by atoms with Gasteiger partial charge in [-0.15, -0.1) is 13.2 Å². The van der Waals surface area contributed by atoms with Gasteiger partial charge >= 0.3 is 11.9 Å². The molecule has 1 aromatic carbocycles. The third-order valence-electron chi connectivity index (χ3n) is 3.49. The van der Waals surface area contributed by atoms with Crippen molar-refractivity contribution < 1.29 is 24.5 Å². The fourth-order valence-corrected chi connectivity index (χ4v) is 2.05. The van der Waals surface area contributed by atoms with E-state index in [-0.39, 0.29) is 0 Å². The second kappa shape index (κ2) is 11.9. The summed E-state index contributed by atoms with van der Waals surface area (Å²) in [7, 11) is 0. The van der Waals surface area contributed by atoms with Gasteiger partial charge in [0.2, 0.25) is 0 Å². The van der Waals surface area contributed by atoms with Gasteiger partial charge in [0.15, 0.2) is 0 Å². The molecule has 0 heterocycles. The summed E-state index contributed by atoms with van der Waals surface area (Å²) < 4.78 is 5.96. The van der Waals surface area contributed by atoms with E-state index in [9.17, 15) is 0 Å². The first-order chi connectivity index (χ1) is 11.7. The number of hydrogen-bond donors (Lipinski definition) is 2. The summed E-state index contributed by atoms with van der Waals surface area (Å²) in [6, 6.07) is 4.25. The Morgan fingerprint density at radius 3 is 1.96 bits per heavy atom. The van der Waals surface area contributed by atoms with Gasteiger partial charge in [-0.2, -0.15) is 0 Å². The van der Waals surface area contributed by atoms with Gasteiger partial charge in [-0.3, -0.25) is 4.90 Å². The number of benzene rings is 1. The molecule has 138 valence electrons. The third-order valence-corrected chi connectivity index (χ3v) is 3.49. The van der Waals surface area contributed by atoms with Gasteiger partial charge in [0.25, 0.3) is 0 Å². The number of carboxylic acid groups (broad SMARTS) is 2. The smallest absolute Gasteiger partial charge is 0.414 e. The maximum Gasteiger partial charge on any atom is 0.414 e. The fraction of sp³-hybridized carbons (Fsp3) is 0.368. The number of aryl methyl sites for hydroxylation is 2. The first-order valence-electron chi connectivity index (χ1n) is 7.84. The molecule has 1 rings (SSSR count). The summed E-state index contributed by atoms with van der Waals surface area (Å²) in [6.45, 7) is 17.2. The molecule has 25 heavy (non-hydrogen) atoms.